The number of ether oxygens (including phenoxy) is 1. The predicted molar refractivity (Wildman–Crippen MR) is 118 cm³/mol. The Kier molecular flexibility index (Phi) is 5.80. The summed E-state index contributed by atoms with van der Waals surface area (Å²) in [5, 5.41) is 3.47. The number of anilines is 1. The number of para-hydroxylation sites is 1. The number of hydrogen-bond acceptors (Lipinski definition) is 5. The normalized spacial score (nSPS) is 13.9. The summed E-state index contributed by atoms with van der Waals surface area (Å²) >= 11 is 0. The van der Waals surface area contributed by atoms with Crippen LogP contribution in [0.25, 0.3) is 10.9 Å². The van der Waals surface area contributed by atoms with Gasteiger partial charge in [0.2, 0.25) is 0 Å². The lowest BCUT2D eigenvalue weighted by Gasteiger charge is -2.21. The molecular formula is C25H24N2O4. The summed E-state index contributed by atoms with van der Waals surface area (Å²) in [4.78, 5) is 41.9. The summed E-state index contributed by atoms with van der Waals surface area (Å²) in [6, 6.07) is 14.1. The van der Waals surface area contributed by atoms with Gasteiger partial charge in [0.25, 0.3) is 5.91 Å². The van der Waals surface area contributed by atoms with E-state index in [2.05, 4.69) is 5.32 Å². The molecular weight excluding hydrogens is 392 g/mol. The van der Waals surface area contributed by atoms with Crippen LogP contribution in [0.1, 0.15) is 58.7 Å². The van der Waals surface area contributed by atoms with Crippen LogP contribution in [0.15, 0.2) is 48.5 Å². The second-order valence-corrected chi connectivity index (χ2v) is 7.81. The third-order valence-corrected chi connectivity index (χ3v) is 5.59. The summed E-state index contributed by atoms with van der Waals surface area (Å²) in [7, 11) is 0. The zero-order valence-electron chi connectivity index (χ0n) is 17.6. The number of nitrogens with zero attached hydrogens (tertiary/aromatic N) is 1. The lowest BCUT2D eigenvalue weighted by molar-refractivity contribution is -0.123. The molecule has 0 fully saturated rings. The fourth-order valence-corrected chi connectivity index (χ4v) is 3.91. The topological polar surface area (TPSA) is 85.4 Å². The fraction of sp³-hybridized carbons (Fsp3) is 0.280. The van der Waals surface area contributed by atoms with Crippen LogP contribution < -0.4 is 5.32 Å². The van der Waals surface area contributed by atoms with Gasteiger partial charge in [-0.1, -0.05) is 18.2 Å². The molecule has 0 saturated heterocycles. The Balaban J connectivity index is 1.54. The largest absolute Gasteiger partial charge is 0.449 e. The van der Waals surface area contributed by atoms with E-state index < -0.39 is 18.0 Å². The molecule has 1 N–H and O–H groups in total. The van der Waals surface area contributed by atoms with E-state index >= 15 is 0 Å². The van der Waals surface area contributed by atoms with Gasteiger partial charge in [0.05, 0.1) is 11.1 Å². The number of aryl methyl sites for hydroxylation is 1. The van der Waals surface area contributed by atoms with Gasteiger partial charge in [-0.25, -0.2) is 4.79 Å². The molecule has 4 rings (SSSR count). The van der Waals surface area contributed by atoms with Crippen molar-refractivity contribution in [3.8, 4) is 0 Å². The Labute approximate surface area is 180 Å². The SMILES string of the molecule is CC(=O)c1ccc(NC(=O)[C@H](C)OC(=O)c2c3c(nc4ccccc24)CCCC3)cc1. The molecule has 1 aromatic heterocycles. The van der Waals surface area contributed by atoms with Gasteiger partial charge >= 0.3 is 5.97 Å². The summed E-state index contributed by atoms with van der Waals surface area (Å²) in [6.45, 7) is 3.03. The number of carbonyl (C=O) groups is 3. The summed E-state index contributed by atoms with van der Waals surface area (Å²) in [5.41, 5.74) is 4.25. The third-order valence-electron chi connectivity index (χ3n) is 5.59. The molecule has 31 heavy (non-hydrogen) atoms. The zero-order valence-corrected chi connectivity index (χ0v) is 17.6. The number of pyridine rings is 1. The van der Waals surface area contributed by atoms with Gasteiger partial charge < -0.3 is 10.1 Å². The molecule has 0 unspecified atom stereocenters. The molecule has 158 valence electrons. The van der Waals surface area contributed by atoms with E-state index in [0.717, 1.165) is 47.8 Å². The summed E-state index contributed by atoms with van der Waals surface area (Å²) in [6.07, 6.45) is 2.69. The maximum atomic E-state index is 13.2. The lowest BCUT2D eigenvalue weighted by Crippen LogP contribution is -2.30. The molecule has 3 aromatic rings. The number of amides is 1. The van der Waals surface area contributed by atoms with Crippen LogP contribution in [0.5, 0.6) is 0 Å². The van der Waals surface area contributed by atoms with Crippen LogP contribution in [0.3, 0.4) is 0 Å². The first-order valence-electron chi connectivity index (χ1n) is 10.5. The van der Waals surface area contributed by atoms with Gasteiger partial charge in [-0.3, -0.25) is 14.6 Å². The van der Waals surface area contributed by atoms with Gasteiger partial charge in [0.15, 0.2) is 11.9 Å². The van der Waals surface area contributed by atoms with Crippen molar-refractivity contribution >= 4 is 34.3 Å². The highest BCUT2D eigenvalue weighted by molar-refractivity contribution is 6.06. The van der Waals surface area contributed by atoms with Gasteiger partial charge in [-0.15, -0.1) is 0 Å². The highest BCUT2D eigenvalue weighted by Crippen LogP contribution is 2.30. The number of ketones is 1. The monoisotopic (exact) mass is 416 g/mol. The van der Waals surface area contributed by atoms with Crippen LogP contribution in [-0.2, 0) is 22.4 Å². The third kappa shape index (κ3) is 4.33. The Hall–Kier alpha value is -3.54. The Morgan fingerprint density at radius 1 is 1.00 bits per heavy atom. The Morgan fingerprint density at radius 3 is 2.45 bits per heavy atom. The van der Waals surface area contributed by atoms with E-state index in [1.54, 1.807) is 31.2 Å². The van der Waals surface area contributed by atoms with Crippen LogP contribution in [0, 0.1) is 0 Å². The molecule has 1 aliphatic carbocycles. The average Bonchev–Trinajstić information content (AvgIpc) is 2.77. The smallest absolute Gasteiger partial charge is 0.339 e. The first kappa shape index (κ1) is 20.7. The van der Waals surface area contributed by atoms with Crippen molar-refractivity contribution in [2.24, 2.45) is 0 Å². The lowest BCUT2D eigenvalue weighted by atomic mass is 9.90. The van der Waals surface area contributed by atoms with Gasteiger partial charge in [-0.05, 0) is 75.4 Å². The zero-order chi connectivity index (χ0) is 22.0. The average molecular weight is 416 g/mol. The number of esters is 1. The van der Waals surface area contributed by atoms with Gasteiger partial charge in [-0.2, -0.15) is 0 Å². The van der Waals surface area contributed by atoms with Crippen molar-refractivity contribution < 1.29 is 19.1 Å². The molecule has 1 aliphatic rings. The minimum atomic E-state index is -0.980. The minimum Gasteiger partial charge on any atom is -0.449 e. The maximum Gasteiger partial charge on any atom is 0.339 e. The Morgan fingerprint density at radius 2 is 1.71 bits per heavy atom. The minimum absolute atomic E-state index is 0.0481. The Bertz CT molecular complexity index is 1170. The molecule has 6 nitrogen and oxygen atoms in total. The number of Topliss-reactive ketones (excluding diaryl/α,β-unsaturated/α-hetero) is 1. The molecule has 1 atom stereocenters. The van der Waals surface area contributed by atoms with E-state index in [1.807, 2.05) is 24.3 Å². The number of rotatable bonds is 5. The standard InChI is InChI=1S/C25H24N2O4/c1-15(28)17-11-13-18(14-12-17)26-24(29)16(2)31-25(30)23-19-7-3-5-9-21(19)27-22-10-6-4-8-20(22)23/h3,5,7,9,11-14,16H,4,6,8,10H2,1-2H3,(H,26,29)/t16-/m0/s1. The highest BCUT2D eigenvalue weighted by Gasteiger charge is 2.26. The van der Waals surface area contributed by atoms with Crippen LogP contribution in [-0.4, -0.2) is 28.7 Å². The molecule has 2 aromatic carbocycles. The van der Waals surface area contributed by atoms with Crippen LogP contribution >= 0.6 is 0 Å². The van der Waals surface area contributed by atoms with Gasteiger partial charge in [0.1, 0.15) is 0 Å². The van der Waals surface area contributed by atoms with Crippen LogP contribution in [0.2, 0.25) is 0 Å². The number of carbonyl (C=O) groups excluding carboxylic acids is 3. The van der Waals surface area contributed by atoms with Crippen molar-refractivity contribution in [3.63, 3.8) is 0 Å². The molecule has 0 spiro atoms. The van der Waals surface area contributed by atoms with Gasteiger partial charge in [0, 0.05) is 22.3 Å². The molecule has 0 aliphatic heterocycles. The second-order valence-electron chi connectivity index (χ2n) is 7.81. The quantitative estimate of drug-likeness (QED) is 0.489. The summed E-state index contributed by atoms with van der Waals surface area (Å²) in [5.74, 6) is -0.990. The number of benzene rings is 2. The molecule has 1 amide bonds. The number of nitrogens with one attached hydrogen (secondary N) is 1. The molecule has 0 saturated carbocycles. The van der Waals surface area contributed by atoms with E-state index in [9.17, 15) is 14.4 Å². The predicted octanol–water partition coefficient (Wildman–Crippen LogP) is 4.50. The molecule has 0 bridgehead atoms. The van der Waals surface area contributed by atoms with E-state index in [1.165, 1.54) is 6.92 Å². The van der Waals surface area contributed by atoms with Crippen molar-refractivity contribution in [2.75, 3.05) is 5.32 Å². The molecule has 6 heteroatoms. The first-order chi connectivity index (χ1) is 14.9. The van der Waals surface area contributed by atoms with Crippen molar-refractivity contribution in [1.82, 2.24) is 4.98 Å². The number of aromatic nitrogens is 1. The van der Waals surface area contributed by atoms with Crippen molar-refractivity contribution in [1.29, 1.82) is 0 Å². The fourth-order valence-electron chi connectivity index (χ4n) is 3.91. The maximum absolute atomic E-state index is 13.2. The number of fused-ring (bicyclic) bond motifs is 2. The molecule has 1 heterocycles. The van der Waals surface area contributed by atoms with E-state index in [0.29, 0.717) is 16.8 Å². The summed E-state index contributed by atoms with van der Waals surface area (Å²) < 4.78 is 5.57. The molecule has 0 radical (unpaired) electrons. The highest BCUT2D eigenvalue weighted by atomic mass is 16.5. The first-order valence-corrected chi connectivity index (χ1v) is 10.5. The van der Waals surface area contributed by atoms with Crippen molar-refractivity contribution in [2.45, 2.75) is 45.6 Å². The number of hydrogen-bond donors (Lipinski definition) is 1. The van der Waals surface area contributed by atoms with Crippen LogP contribution in [0.4, 0.5) is 5.69 Å². The second kappa shape index (κ2) is 8.68. The van der Waals surface area contributed by atoms with Crippen molar-refractivity contribution in [3.05, 3.63) is 70.9 Å². The van der Waals surface area contributed by atoms with E-state index in [-0.39, 0.29) is 5.78 Å². The van der Waals surface area contributed by atoms with E-state index in [4.69, 9.17) is 9.72 Å².